The summed E-state index contributed by atoms with van der Waals surface area (Å²) >= 11 is 0. The standard InChI is InChI=1S/C15H14N4/c1-11-6-2-3-7-12(11)10-16-19-15-17-13-8-4-5-9-14(13)18-15/h2-10H,1H3,(H2,17,18,19)/b16-10+. The van der Waals surface area contributed by atoms with Crippen molar-refractivity contribution >= 4 is 23.2 Å². The third-order valence-corrected chi connectivity index (χ3v) is 2.95. The minimum absolute atomic E-state index is 0.644. The number of aromatic amines is 1. The Labute approximate surface area is 111 Å². The summed E-state index contributed by atoms with van der Waals surface area (Å²) in [6.45, 7) is 2.06. The fraction of sp³-hybridized carbons (Fsp3) is 0.0667. The van der Waals surface area contributed by atoms with Crippen LogP contribution in [0.3, 0.4) is 0 Å². The Kier molecular flexibility index (Phi) is 2.98. The number of imidazole rings is 1. The zero-order valence-electron chi connectivity index (χ0n) is 10.6. The molecule has 0 aliphatic heterocycles. The molecule has 2 aromatic carbocycles. The Morgan fingerprint density at radius 2 is 1.89 bits per heavy atom. The average molecular weight is 250 g/mol. The molecule has 3 aromatic rings. The van der Waals surface area contributed by atoms with Gasteiger partial charge in [0.15, 0.2) is 0 Å². The molecule has 0 radical (unpaired) electrons. The fourth-order valence-corrected chi connectivity index (χ4v) is 1.90. The van der Waals surface area contributed by atoms with Gasteiger partial charge >= 0.3 is 0 Å². The van der Waals surface area contributed by atoms with Gasteiger partial charge < -0.3 is 4.98 Å². The number of hydrazone groups is 1. The summed E-state index contributed by atoms with van der Waals surface area (Å²) in [5.41, 5.74) is 7.12. The van der Waals surface area contributed by atoms with Crippen LogP contribution in [0, 0.1) is 6.92 Å². The molecule has 0 fully saturated rings. The van der Waals surface area contributed by atoms with Crippen molar-refractivity contribution in [2.75, 3.05) is 5.43 Å². The van der Waals surface area contributed by atoms with Gasteiger partial charge in [-0.15, -0.1) is 0 Å². The number of aryl methyl sites for hydroxylation is 1. The highest BCUT2D eigenvalue weighted by Crippen LogP contribution is 2.13. The van der Waals surface area contributed by atoms with Gasteiger partial charge in [0.2, 0.25) is 5.95 Å². The van der Waals surface area contributed by atoms with Crippen molar-refractivity contribution in [3.05, 3.63) is 59.7 Å². The molecule has 2 N–H and O–H groups in total. The molecule has 0 saturated heterocycles. The second-order valence-corrected chi connectivity index (χ2v) is 4.33. The summed E-state index contributed by atoms with van der Waals surface area (Å²) in [7, 11) is 0. The zero-order chi connectivity index (χ0) is 13.1. The summed E-state index contributed by atoms with van der Waals surface area (Å²) in [4.78, 5) is 7.55. The molecular weight excluding hydrogens is 236 g/mol. The predicted octanol–water partition coefficient (Wildman–Crippen LogP) is 3.32. The first-order valence-electron chi connectivity index (χ1n) is 6.12. The molecule has 3 rings (SSSR count). The maximum atomic E-state index is 4.39. The maximum absolute atomic E-state index is 4.39. The van der Waals surface area contributed by atoms with Crippen LogP contribution in [0.15, 0.2) is 53.6 Å². The van der Waals surface area contributed by atoms with Crippen LogP contribution in [-0.4, -0.2) is 16.2 Å². The van der Waals surface area contributed by atoms with Gasteiger partial charge in [-0.1, -0.05) is 36.4 Å². The van der Waals surface area contributed by atoms with Gasteiger partial charge in [-0.05, 0) is 30.2 Å². The van der Waals surface area contributed by atoms with E-state index in [4.69, 9.17) is 0 Å². The smallest absolute Gasteiger partial charge is 0.222 e. The molecule has 1 heterocycles. The van der Waals surface area contributed by atoms with Crippen molar-refractivity contribution in [2.24, 2.45) is 5.10 Å². The first-order chi connectivity index (χ1) is 9.33. The van der Waals surface area contributed by atoms with Crippen LogP contribution in [0.4, 0.5) is 5.95 Å². The summed E-state index contributed by atoms with van der Waals surface area (Å²) in [6.07, 6.45) is 1.79. The molecule has 0 saturated carbocycles. The van der Waals surface area contributed by atoms with Crippen LogP contribution >= 0.6 is 0 Å². The highest BCUT2D eigenvalue weighted by Gasteiger charge is 1.99. The van der Waals surface area contributed by atoms with Gasteiger partial charge in [0.1, 0.15) is 0 Å². The van der Waals surface area contributed by atoms with Gasteiger partial charge in [0.25, 0.3) is 0 Å². The van der Waals surface area contributed by atoms with E-state index < -0.39 is 0 Å². The lowest BCUT2D eigenvalue weighted by molar-refractivity contribution is 1.21. The Bertz CT molecular complexity index is 695. The molecule has 4 nitrogen and oxygen atoms in total. The number of nitrogens with zero attached hydrogens (tertiary/aromatic N) is 2. The third-order valence-electron chi connectivity index (χ3n) is 2.95. The summed E-state index contributed by atoms with van der Waals surface area (Å²) in [6, 6.07) is 16.0. The first kappa shape index (κ1) is 11.5. The number of hydrogen-bond donors (Lipinski definition) is 2. The molecule has 0 aliphatic carbocycles. The van der Waals surface area contributed by atoms with E-state index in [1.165, 1.54) is 5.56 Å². The molecule has 0 aliphatic rings. The normalized spacial score (nSPS) is 11.2. The highest BCUT2D eigenvalue weighted by molar-refractivity contribution is 5.82. The zero-order valence-corrected chi connectivity index (χ0v) is 10.6. The molecule has 94 valence electrons. The van der Waals surface area contributed by atoms with Crippen molar-refractivity contribution in [2.45, 2.75) is 6.92 Å². The van der Waals surface area contributed by atoms with E-state index in [-0.39, 0.29) is 0 Å². The van der Waals surface area contributed by atoms with Crippen LogP contribution in [-0.2, 0) is 0 Å². The number of nitrogens with one attached hydrogen (secondary N) is 2. The van der Waals surface area contributed by atoms with E-state index in [0.717, 1.165) is 16.6 Å². The van der Waals surface area contributed by atoms with Gasteiger partial charge in [-0.3, -0.25) is 0 Å². The van der Waals surface area contributed by atoms with Crippen LogP contribution in [0.1, 0.15) is 11.1 Å². The van der Waals surface area contributed by atoms with E-state index in [2.05, 4.69) is 33.5 Å². The topological polar surface area (TPSA) is 53.1 Å². The third kappa shape index (κ3) is 2.47. The number of aromatic nitrogens is 2. The number of hydrogen-bond acceptors (Lipinski definition) is 3. The highest BCUT2D eigenvalue weighted by atomic mass is 15.3. The van der Waals surface area contributed by atoms with E-state index in [1.54, 1.807) is 6.21 Å². The number of para-hydroxylation sites is 2. The van der Waals surface area contributed by atoms with E-state index >= 15 is 0 Å². The van der Waals surface area contributed by atoms with Gasteiger partial charge in [0, 0.05) is 0 Å². The Morgan fingerprint density at radius 3 is 2.74 bits per heavy atom. The number of H-pyrrole nitrogens is 1. The molecule has 0 amide bonds. The lowest BCUT2D eigenvalue weighted by Gasteiger charge is -1.98. The Morgan fingerprint density at radius 1 is 1.11 bits per heavy atom. The van der Waals surface area contributed by atoms with E-state index in [9.17, 15) is 0 Å². The molecule has 4 heteroatoms. The number of anilines is 1. The predicted molar refractivity (Wildman–Crippen MR) is 78.5 cm³/mol. The van der Waals surface area contributed by atoms with Crippen molar-refractivity contribution in [3.63, 3.8) is 0 Å². The summed E-state index contributed by atoms with van der Waals surface area (Å²) in [5.74, 6) is 0.644. The molecule has 1 aromatic heterocycles. The van der Waals surface area contributed by atoms with Gasteiger partial charge in [-0.2, -0.15) is 5.10 Å². The lowest BCUT2D eigenvalue weighted by Crippen LogP contribution is -1.93. The molecule has 0 atom stereocenters. The fourth-order valence-electron chi connectivity index (χ4n) is 1.90. The monoisotopic (exact) mass is 250 g/mol. The van der Waals surface area contributed by atoms with E-state index in [0.29, 0.717) is 5.95 Å². The quantitative estimate of drug-likeness (QED) is 0.553. The average Bonchev–Trinajstić information content (AvgIpc) is 2.83. The second kappa shape index (κ2) is 4.94. The SMILES string of the molecule is Cc1ccccc1/C=N/Nc1nc2ccccc2[nH]1. The van der Waals surface area contributed by atoms with Crippen molar-refractivity contribution < 1.29 is 0 Å². The number of benzene rings is 2. The van der Waals surface area contributed by atoms with Crippen LogP contribution in [0.5, 0.6) is 0 Å². The maximum Gasteiger partial charge on any atom is 0.222 e. The van der Waals surface area contributed by atoms with Crippen molar-refractivity contribution in [3.8, 4) is 0 Å². The molecule has 0 spiro atoms. The lowest BCUT2D eigenvalue weighted by atomic mass is 10.1. The Hall–Kier alpha value is -2.62. The first-order valence-corrected chi connectivity index (χ1v) is 6.12. The van der Waals surface area contributed by atoms with Crippen LogP contribution in [0.2, 0.25) is 0 Å². The van der Waals surface area contributed by atoms with Gasteiger partial charge in [-0.25, -0.2) is 10.4 Å². The number of rotatable bonds is 3. The van der Waals surface area contributed by atoms with Crippen LogP contribution < -0.4 is 5.43 Å². The molecule has 0 unspecified atom stereocenters. The molecule has 0 bridgehead atoms. The van der Waals surface area contributed by atoms with Crippen molar-refractivity contribution in [1.29, 1.82) is 0 Å². The van der Waals surface area contributed by atoms with Crippen LogP contribution in [0.25, 0.3) is 11.0 Å². The molecule has 19 heavy (non-hydrogen) atoms. The Balaban J connectivity index is 1.77. The van der Waals surface area contributed by atoms with Gasteiger partial charge in [0.05, 0.1) is 17.2 Å². The largest absolute Gasteiger partial charge is 0.323 e. The molecular formula is C15H14N4. The van der Waals surface area contributed by atoms with E-state index in [1.807, 2.05) is 42.5 Å². The number of fused-ring (bicyclic) bond motifs is 1. The second-order valence-electron chi connectivity index (χ2n) is 4.33. The summed E-state index contributed by atoms with van der Waals surface area (Å²) < 4.78 is 0. The minimum Gasteiger partial charge on any atom is -0.323 e. The minimum atomic E-state index is 0.644. The summed E-state index contributed by atoms with van der Waals surface area (Å²) in [5, 5.41) is 4.20. The van der Waals surface area contributed by atoms with Crippen molar-refractivity contribution in [1.82, 2.24) is 9.97 Å².